The van der Waals surface area contributed by atoms with E-state index in [1.54, 1.807) is 9.80 Å². The number of halogens is 1. The molecule has 174 valence electrons. The molecule has 0 aromatic heterocycles. The van der Waals surface area contributed by atoms with Gasteiger partial charge in [-0.3, -0.25) is 14.4 Å². The van der Waals surface area contributed by atoms with Crippen molar-refractivity contribution in [1.82, 2.24) is 9.80 Å². The number of benzene rings is 2. The number of esters is 1. The van der Waals surface area contributed by atoms with Crippen molar-refractivity contribution in [2.45, 2.75) is 38.2 Å². The van der Waals surface area contributed by atoms with Gasteiger partial charge in [-0.25, -0.2) is 4.39 Å². The number of hydrogen-bond donors (Lipinski definition) is 0. The van der Waals surface area contributed by atoms with E-state index in [-0.39, 0.29) is 23.5 Å². The fourth-order valence-corrected chi connectivity index (χ4v) is 4.47. The summed E-state index contributed by atoms with van der Waals surface area (Å²) >= 11 is 0. The molecular formula is C26H29FN2O4. The molecule has 2 aliphatic rings. The highest BCUT2D eigenvalue weighted by Gasteiger charge is 2.34. The van der Waals surface area contributed by atoms with Crippen LogP contribution >= 0.6 is 0 Å². The zero-order valence-electron chi connectivity index (χ0n) is 18.6. The van der Waals surface area contributed by atoms with Crippen LogP contribution < -0.4 is 0 Å². The number of piperidine rings is 2. The van der Waals surface area contributed by atoms with Gasteiger partial charge in [0.1, 0.15) is 5.82 Å². The number of nitrogens with zero attached hydrogens (tertiary/aromatic N) is 2. The van der Waals surface area contributed by atoms with Crippen LogP contribution in [0.4, 0.5) is 4.39 Å². The van der Waals surface area contributed by atoms with E-state index in [0.29, 0.717) is 50.1 Å². The fraction of sp³-hybridized carbons (Fsp3) is 0.423. The Kier molecular flexibility index (Phi) is 7.37. The van der Waals surface area contributed by atoms with Crippen LogP contribution in [0.25, 0.3) is 0 Å². The summed E-state index contributed by atoms with van der Waals surface area (Å²) in [6.45, 7) is 2.19. The molecule has 2 fully saturated rings. The van der Waals surface area contributed by atoms with Crippen molar-refractivity contribution in [1.29, 1.82) is 0 Å². The third kappa shape index (κ3) is 5.59. The van der Waals surface area contributed by atoms with Gasteiger partial charge in [0.2, 0.25) is 6.10 Å². The molecule has 7 heteroatoms. The average molecular weight is 453 g/mol. The smallest absolute Gasteiger partial charge is 0.310 e. The molecular weight excluding hydrogens is 423 g/mol. The molecule has 2 saturated heterocycles. The maximum atomic E-state index is 13.2. The third-order valence-electron chi connectivity index (χ3n) is 6.44. The molecule has 2 aliphatic heterocycles. The van der Waals surface area contributed by atoms with Gasteiger partial charge in [0.25, 0.3) is 11.8 Å². The van der Waals surface area contributed by atoms with Crippen LogP contribution in [0.3, 0.4) is 0 Å². The minimum absolute atomic E-state index is 0.168. The number of carbonyl (C=O) groups is 3. The first-order valence-electron chi connectivity index (χ1n) is 11.6. The summed E-state index contributed by atoms with van der Waals surface area (Å²) in [5, 5.41) is 0. The first kappa shape index (κ1) is 23.0. The van der Waals surface area contributed by atoms with E-state index >= 15 is 0 Å². The molecule has 2 aromatic carbocycles. The predicted molar refractivity (Wildman–Crippen MR) is 121 cm³/mol. The highest BCUT2D eigenvalue weighted by molar-refractivity contribution is 5.94. The summed E-state index contributed by atoms with van der Waals surface area (Å²) in [4.78, 5) is 42.3. The van der Waals surface area contributed by atoms with Crippen molar-refractivity contribution in [3.63, 3.8) is 0 Å². The first-order valence-corrected chi connectivity index (χ1v) is 11.6. The number of amides is 2. The monoisotopic (exact) mass is 452 g/mol. The van der Waals surface area contributed by atoms with E-state index < -0.39 is 12.1 Å². The number of ether oxygens (including phenoxy) is 1. The Labute approximate surface area is 193 Å². The van der Waals surface area contributed by atoms with Crippen LogP contribution in [0.5, 0.6) is 0 Å². The topological polar surface area (TPSA) is 66.9 Å². The molecule has 33 heavy (non-hydrogen) atoms. The highest BCUT2D eigenvalue weighted by atomic mass is 19.1. The minimum Gasteiger partial charge on any atom is -0.447 e. The van der Waals surface area contributed by atoms with E-state index in [4.69, 9.17) is 4.74 Å². The zero-order valence-corrected chi connectivity index (χ0v) is 18.6. The van der Waals surface area contributed by atoms with Crippen molar-refractivity contribution >= 4 is 17.8 Å². The van der Waals surface area contributed by atoms with Gasteiger partial charge in [-0.1, -0.05) is 30.3 Å². The summed E-state index contributed by atoms with van der Waals surface area (Å²) in [5.74, 6) is -1.51. The normalized spacial score (nSPS) is 18.0. The molecule has 0 radical (unpaired) electrons. The van der Waals surface area contributed by atoms with Gasteiger partial charge in [-0.05, 0) is 56.4 Å². The average Bonchev–Trinajstić information content (AvgIpc) is 2.88. The minimum atomic E-state index is -0.948. The molecule has 2 heterocycles. The first-order chi connectivity index (χ1) is 16.0. The second-order valence-corrected chi connectivity index (χ2v) is 8.69. The lowest BCUT2D eigenvalue weighted by Gasteiger charge is -2.33. The zero-order chi connectivity index (χ0) is 23.2. The van der Waals surface area contributed by atoms with Crippen molar-refractivity contribution in [2.75, 3.05) is 26.2 Å². The number of likely N-dealkylation sites (tertiary alicyclic amines) is 2. The summed E-state index contributed by atoms with van der Waals surface area (Å²) in [7, 11) is 0. The lowest BCUT2D eigenvalue weighted by molar-refractivity contribution is -0.165. The van der Waals surface area contributed by atoms with Gasteiger partial charge in [0, 0.05) is 37.3 Å². The van der Waals surface area contributed by atoms with E-state index in [1.165, 1.54) is 24.3 Å². The van der Waals surface area contributed by atoms with Crippen molar-refractivity contribution < 1.29 is 23.5 Å². The number of rotatable bonds is 5. The maximum absolute atomic E-state index is 13.2. The van der Waals surface area contributed by atoms with Crippen LogP contribution in [-0.2, 0) is 14.3 Å². The third-order valence-corrected chi connectivity index (χ3v) is 6.44. The Hall–Kier alpha value is -3.22. The van der Waals surface area contributed by atoms with Crippen molar-refractivity contribution in [3.05, 3.63) is 71.5 Å². The molecule has 0 spiro atoms. The van der Waals surface area contributed by atoms with Crippen molar-refractivity contribution in [2.24, 2.45) is 5.92 Å². The molecule has 2 aromatic rings. The second-order valence-electron chi connectivity index (χ2n) is 8.69. The number of hydrogen-bond acceptors (Lipinski definition) is 4. The lowest BCUT2D eigenvalue weighted by atomic mass is 9.96. The Bertz CT molecular complexity index is 966. The van der Waals surface area contributed by atoms with Gasteiger partial charge in [-0.2, -0.15) is 0 Å². The van der Waals surface area contributed by atoms with Crippen LogP contribution in [0.15, 0.2) is 54.6 Å². The summed E-state index contributed by atoms with van der Waals surface area (Å²) in [6.07, 6.45) is 3.00. The second kappa shape index (κ2) is 10.6. The predicted octanol–water partition coefficient (Wildman–Crippen LogP) is 3.97. The summed E-state index contributed by atoms with van der Waals surface area (Å²) < 4.78 is 18.9. The summed E-state index contributed by atoms with van der Waals surface area (Å²) in [5.41, 5.74) is 1.10. The van der Waals surface area contributed by atoms with E-state index in [0.717, 1.165) is 19.3 Å². The Morgan fingerprint density at radius 2 is 1.45 bits per heavy atom. The fourth-order valence-electron chi connectivity index (χ4n) is 4.47. The van der Waals surface area contributed by atoms with Crippen LogP contribution in [-0.4, -0.2) is 53.8 Å². The quantitative estimate of drug-likeness (QED) is 0.644. The van der Waals surface area contributed by atoms with Crippen LogP contribution in [0.1, 0.15) is 54.1 Å². The van der Waals surface area contributed by atoms with Crippen LogP contribution in [0, 0.1) is 11.7 Å². The van der Waals surface area contributed by atoms with Gasteiger partial charge in [0.15, 0.2) is 0 Å². The van der Waals surface area contributed by atoms with E-state index in [1.807, 2.05) is 30.3 Å². The van der Waals surface area contributed by atoms with Gasteiger partial charge < -0.3 is 14.5 Å². The molecule has 2 amide bonds. The molecule has 1 atom stereocenters. The van der Waals surface area contributed by atoms with Gasteiger partial charge in [0.05, 0.1) is 5.92 Å². The molecule has 4 rings (SSSR count). The van der Waals surface area contributed by atoms with Crippen LogP contribution in [0.2, 0.25) is 0 Å². The molecule has 0 saturated carbocycles. The standard InChI is InChI=1S/C26H29FN2O4/c27-22-11-9-20(10-12-22)24(30)29-17-13-21(14-18-29)26(32)33-23(19-7-3-1-4-8-19)25(31)28-15-5-2-6-16-28/h1,3-4,7-12,21,23H,2,5-6,13-18H2. The maximum Gasteiger partial charge on any atom is 0.310 e. The number of carbonyl (C=O) groups excluding carboxylic acids is 3. The Morgan fingerprint density at radius 3 is 2.09 bits per heavy atom. The van der Waals surface area contributed by atoms with Gasteiger partial charge >= 0.3 is 5.97 Å². The molecule has 0 N–H and O–H groups in total. The Balaban J connectivity index is 1.38. The SMILES string of the molecule is O=C(OC(C(=O)N1CCCCC1)c1ccccc1)C1CCN(C(=O)c2ccc(F)cc2)CC1. The van der Waals surface area contributed by atoms with E-state index in [9.17, 15) is 18.8 Å². The molecule has 1 unspecified atom stereocenters. The largest absolute Gasteiger partial charge is 0.447 e. The molecule has 6 nitrogen and oxygen atoms in total. The van der Waals surface area contributed by atoms with E-state index in [2.05, 4.69) is 0 Å². The highest BCUT2D eigenvalue weighted by Crippen LogP contribution is 2.27. The van der Waals surface area contributed by atoms with Gasteiger partial charge in [-0.15, -0.1) is 0 Å². The van der Waals surface area contributed by atoms with Crippen molar-refractivity contribution in [3.8, 4) is 0 Å². The molecule has 0 bridgehead atoms. The Morgan fingerprint density at radius 1 is 0.818 bits per heavy atom. The lowest BCUT2D eigenvalue weighted by Crippen LogP contribution is -2.43. The molecule has 0 aliphatic carbocycles. The summed E-state index contributed by atoms with van der Waals surface area (Å²) in [6, 6.07) is 14.6.